The normalized spacial score (nSPS) is 10.7. The third-order valence-electron chi connectivity index (χ3n) is 1.36. The van der Waals surface area contributed by atoms with Crippen molar-refractivity contribution in [2.45, 2.75) is 11.8 Å². The van der Waals surface area contributed by atoms with Crippen LogP contribution in [0.5, 0.6) is 0 Å². The Labute approximate surface area is 113 Å². The summed E-state index contributed by atoms with van der Waals surface area (Å²) in [6, 6.07) is 4.75. The second-order valence-electron chi connectivity index (χ2n) is 2.39. The molecule has 0 radical (unpaired) electrons. The number of aryl methyl sites for hydroxylation is 1. The van der Waals surface area contributed by atoms with E-state index in [2.05, 4.69) is 0 Å². The average molecular weight is 320 g/mol. The minimum Gasteiger partial charge on any atom is -0.744 e. The molecule has 0 bridgehead atoms. The van der Waals surface area contributed by atoms with Gasteiger partial charge in [0.15, 0.2) is 0 Å². The molecular weight excluding hydrogens is 314 g/mol. The van der Waals surface area contributed by atoms with Crippen molar-refractivity contribution in [3.8, 4) is 0 Å². The molecule has 0 amide bonds. The third-order valence-corrected chi connectivity index (χ3v) is 3.54. The summed E-state index contributed by atoms with van der Waals surface area (Å²) < 4.78 is 32.4. The van der Waals surface area contributed by atoms with Crippen LogP contribution >= 0.6 is 22.6 Å². The fraction of sp³-hybridized carbons (Fsp3) is 0.143. The van der Waals surface area contributed by atoms with Gasteiger partial charge in [-0.15, -0.1) is 0 Å². The molecule has 0 aliphatic carbocycles. The van der Waals surface area contributed by atoms with Crippen molar-refractivity contribution >= 4 is 32.7 Å². The van der Waals surface area contributed by atoms with Crippen molar-refractivity contribution in [2.24, 2.45) is 0 Å². The fourth-order valence-electron chi connectivity index (χ4n) is 0.802. The van der Waals surface area contributed by atoms with Crippen molar-refractivity contribution in [1.29, 1.82) is 0 Å². The quantitative estimate of drug-likeness (QED) is 0.360. The minimum absolute atomic E-state index is 0. The van der Waals surface area contributed by atoms with Gasteiger partial charge in [0, 0.05) is 3.57 Å². The van der Waals surface area contributed by atoms with E-state index in [0.717, 1.165) is 5.56 Å². The molecule has 66 valence electrons. The number of hydrogen-bond acceptors (Lipinski definition) is 3. The molecule has 6 heteroatoms. The Morgan fingerprint density at radius 1 is 1.38 bits per heavy atom. The molecule has 1 aromatic carbocycles. The molecule has 0 fully saturated rings. The minimum atomic E-state index is -4.31. The first-order valence-electron chi connectivity index (χ1n) is 3.13. The molecule has 0 saturated heterocycles. The van der Waals surface area contributed by atoms with E-state index in [1.165, 1.54) is 6.07 Å². The third kappa shape index (κ3) is 3.85. The Bertz CT molecular complexity index is 402. The Balaban J connectivity index is 0.00000144. The molecule has 3 nitrogen and oxygen atoms in total. The molecule has 0 saturated carbocycles. The molecule has 0 aliphatic heterocycles. The van der Waals surface area contributed by atoms with E-state index >= 15 is 0 Å². The molecule has 0 atom stereocenters. The SMILES string of the molecule is Cc1ccc(I)c(S(=O)(=O)[O-])c1.[Na+]. The fourth-order valence-corrected chi connectivity index (χ4v) is 2.58. The van der Waals surface area contributed by atoms with Crippen molar-refractivity contribution in [3.63, 3.8) is 0 Å². The molecule has 0 spiro atoms. The first kappa shape index (κ1) is 13.9. The number of rotatable bonds is 1. The molecule has 0 heterocycles. The van der Waals surface area contributed by atoms with Crippen molar-refractivity contribution in [3.05, 3.63) is 27.3 Å². The van der Waals surface area contributed by atoms with E-state index in [1.54, 1.807) is 19.1 Å². The van der Waals surface area contributed by atoms with Gasteiger partial charge in [0.05, 0.1) is 4.90 Å². The monoisotopic (exact) mass is 320 g/mol. The summed E-state index contributed by atoms with van der Waals surface area (Å²) >= 11 is 1.82. The molecular formula is C7H6INaO3S. The molecule has 1 rings (SSSR count). The molecule has 0 aromatic heterocycles. The van der Waals surface area contributed by atoms with Gasteiger partial charge in [-0.3, -0.25) is 0 Å². The molecule has 0 aliphatic rings. The predicted molar refractivity (Wildman–Crippen MR) is 51.9 cm³/mol. The van der Waals surface area contributed by atoms with E-state index in [0.29, 0.717) is 3.57 Å². The van der Waals surface area contributed by atoms with E-state index in [9.17, 15) is 13.0 Å². The van der Waals surface area contributed by atoms with Gasteiger partial charge in [-0.1, -0.05) is 6.07 Å². The molecule has 0 N–H and O–H groups in total. The van der Waals surface area contributed by atoms with Gasteiger partial charge in [-0.05, 0) is 47.2 Å². The number of benzene rings is 1. The number of hydrogen-bond donors (Lipinski definition) is 0. The van der Waals surface area contributed by atoms with Crippen molar-refractivity contribution in [2.75, 3.05) is 0 Å². The average Bonchev–Trinajstić information content (AvgIpc) is 1.92. The number of halogens is 1. The van der Waals surface area contributed by atoms with Gasteiger partial charge in [0.1, 0.15) is 10.1 Å². The van der Waals surface area contributed by atoms with Gasteiger partial charge in [-0.2, -0.15) is 0 Å². The van der Waals surface area contributed by atoms with Gasteiger partial charge < -0.3 is 4.55 Å². The summed E-state index contributed by atoms with van der Waals surface area (Å²) in [4.78, 5) is -0.136. The maximum atomic E-state index is 10.6. The van der Waals surface area contributed by atoms with Crippen LogP contribution in [0.15, 0.2) is 23.1 Å². The van der Waals surface area contributed by atoms with Gasteiger partial charge in [-0.25, -0.2) is 8.42 Å². The summed E-state index contributed by atoms with van der Waals surface area (Å²) in [6.45, 7) is 1.74. The molecule has 1 aromatic rings. The van der Waals surface area contributed by atoms with E-state index in [4.69, 9.17) is 0 Å². The smallest absolute Gasteiger partial charge is 0.744 e. The van der Waals surface area contributed by atoms with E-state index < -0.39 is 10.1 Å². The van der Waals surface area contributed by atoms with Crippen LogP contribution in [0.4, 0.5) is 0 Å². The van der Waals surface area contributed by atoms with Crippen LogP contribution in [0.2, 0.25) is 0 Å². The summed E-state index contributed by atoms with van der Waals surface area (Å²) in [7, 11) is -4.31. The summed E-state index contributed by atoms with van der Waals surface area (Å²) in [5.74, 6) is 0. The van der Waals surface area contributed by atoms with Crippen molar-refractivity contribution < 1.29 is 42.5 Å². The van der Waals surface area contributed by atoms with Gasteiger partial charge >= 0.3 is 29.6 Å². The van der Waals surface area contributed by atoms with Crippen molar-refractivity contribution in [1.82, 2.24) is 0 Å². The van der Waals surface area contributed by atoms with Crippen LogP contribution in [-0.2, 0) is 10.1 Å². The maximum Gasteiger partial charge on any atom is 1.00 e. The van der Waals surface area contributed by atoms with Crippen LogP contribution < -0.4 is 29.6 Å². The molecule has 0 unspecified atom stereocenters. The van der Waals surface area contributed by atoms with E-state index in [-0.39, 0.29) is 34.5 Å². The van der Waals surface area contributed by atoms with E-state index in [1.807, 2.05) is 22.6 Å². The van der Waals surface area contributed by atoms with Crippen LogP contribution in [-0.4, -0.2) is 13.0 Å². The second-order valence-corrected chi connectivity index (χ2v) is 4.90. The Morgan fingerprint density at radius 3 is 2.31 bits per heavy atom. The van der Waals surface area contributed by atoms with Crippen LogP contribution in [0.3, 0.4) is 0 Å². The Morgan fingerprint density at radius 2 is 1.92 bits per heavy atom. The zero-order chi connectivity index (χ0) is 9.35. The largest absolute Gasteiger partial charge is 1.00 e. The Kier molecular flexibility index (Phi) is 5.42. The summed E-state index contributed by atoms with van der Waals surface area (Å²) in [5.41, 5.74) is 0.768. The zero-order valence-electron chi connectivity index (χ0n) is 7.24. The van der Waals surface area contributed by atoms with Crippen LogP contribution in [0.1, 0.15) is 5.56 Å². The van der Waals surface area contributed by atoms with Crippen LogP contribution in [0.25, 0.3) is 0 Å². The summed E-state index contributed by atoms with van der Waals surface area (Å²) in [6.07, 6.45) is 0. The van der Waals surface area contributed by atoms with Gasteiger partial charge in [0.2, 0.25) is 0 Å². The first-order chi connectivity index (χ1) is 5.41. The zero-order valence-corrected chi connectivity index (χ0v) is 12.2. The standard InChI is InChI=1S/C7H7IO3S.Na/c1-5-2-3-6(8)7(4-5)12(9,10)11;/h2-4H,1H3,(H,9,10,11);/q;+1/p-1. The predicted octanol–water partition coefficient (Wildman–Crippen LogP) is -1.49. The molecule has 13 heavy (non-hydrogen) atoms. The first-order valence-corrected chi connectivity index (χ1v) is 5.62. The van der Waals surface area contributed by atoms with Gasteiger partial charge in [0.25, 0.3) is 0 Å². The second kappa shape index (κ2) is 5.09. The Hall–Kier alpha value is 0.860. The van der Waals surface area contributed by atoms with Crippen LogP contribution in [0, 0.1) is 10.5 Å². The topological polar surface area (TPSA) is 57.2 Å². The maximum absolute atomic E-state index is 10.6. The summed E-state index contributed by atoms with van der Waals surface area (Å²) in [5, 5.41) is 0.